The van der Waals surface area contributed by atoms with Gasteiger partial charge < -0.3 is 5.11 Å². The van der Waals surface area contributed by atoms with Gasteiger partial charge in [-0.2, -0.15) is 0 Å². The summed E-state index contributed by atoms with van der Waals surface area (Å²) < 4.78 is 30.5. The van der Waals surface area contributed by atoms with Crippen LogP contribution in [0.1, 0.15) is 20.7 Å². The number of benzene rings is 4. The van der Waals surface area contributed by atoms with E-state index in [9.17, 15) is 23.1 Å². The summed E-state index contributed by atoms with van der Waals surface area (Å²) in [4.78, 5) is 31.3. The number of fused-ring (bicyclic) bond motifs is 3. The average Bonchev–Trinajstić information content (AvgIpc) is 3.43. The van der Waals surface area contributed by atoms with E-state index in [0.717, 1.165) is 15.1 Å². The summed E-state index contributed by atoms with van der Waals surface area (Å²) in [7, 11) is -3.97. The summed E-state index contributed by atoms with van der Waals surface area (Å²) in [6, 6.07) is 22.6. The molecular formula is C27H19N3O5S3. The van der Waals surface area contributed by atoms with Gasteiger partial charge in [-0.15, -0.1) is 11.3 Å². The van der Waals surface area contributed by atoms with Gasteiger partial charge in [-0.05, 0) is 30.3 Å². The minimum atomic E-state index is -3.97. The number of carbonyl (C=O) groups is 2. The van der Waals surface area contributed by atoms with Crippen LogP contribution in [0.15, 0.2) is 88.1 Å². The van der Waals surface area contributed by atoms with Crippen LogP contribution in [0.2, 0.25) is 0 Å². The Morgan fingerprint density at radius 3 is 2.24 bits per heavy atom. The number of hydrogen-bond acceptors (Lipinski definition) is 8. The molecule has 0 bridgehead atoms. The second-order valence-corrected chi connectivity index (χ2v) is 12.8. The molecule has 0 saturated heterocycles. The van der Waals surface area contributed by atoms with Gasteiger partial charge in [-0.25, -0.2) is 13.4 Å². The van der Waals surface area contributed by atoms with Crippen molar-refractivity contribution in [1.82, 2.24) is 9.88 Å². The van der Waals surface area contributed by atoms with Crippen LogP contribution in [0.4, 0.5) is 5.69 Å². The largest absolute Gasteiger partial charge is 0.506 e. The van der Waals surface area contributed by atoms with Crippen molar-refractivity contribution in [2.24, 2.45) is 0 Å². The third-order valence-electron chi connectivity index (χ3n) is 6.18. The Hall–Kier alpha value is -3.93. The number of sulfonamides is 1. The number of imide groups is 1. The van der Waals surface area contributed by atoms with Crippen molar-refractivity contribution < 1.29 is 23.1 Å². The van der Waals surface area contributed by atoms with E-state index in [1.807, 2.05) is 24.3 Å². The highest BCUT2D eigenvalue weighted by atomic mass is 32.2. The number of aromatic hydroxyl groups is 1. The number of para-hydroxylation sites is 1. The zero-order valence-corrected chi connectivity index (χ0v) is 22.1. The Bertz CT molecular complexity index is 1800. The molecule has 11 heteroatoms. The third-order valence-corrected chi connectivity index (χ3v) is 9.56. The molecule has 5 aromatic rings. The number of anilines is 1. The summed E-state index contributed by atoms with van der Waals surface area (Å²) >= 11 is 2.72. The van der Waals surface area contributed by atoms with Crippen molar-refractivity contribution in [2.75, 3.05) is 17.0 Å². The Balaban J connectivity index is 1.28. The quantitative estimate of drug-likeness (QED) is 0.203. The maximum atomic E-state index is 13.1. The van der Waals surface area contributed by atoms with E-state index in [-0.39, 0.29) is 29.1 Å². The van der Waals surface area contributed by atoms with Gasteiger partial charge >= 0.3 is 0 Å². The Kier molecular flexibility index (Phi) is 6.05. The number of thiazole rings is 1. The molecule has 2 N–H and O–H groups in total. The minimum absolute atomic E-state index is 0.0267. The maximum Gasteiger partial charge on any atom is 0.261 e. The van der Waals surface area contributed by atoms with Crippen molar-refractivity contribution in [1.29, 1.82) is 0 Å². The first kappa shape index (κ1) is 24.4. The topological polar surface area (TPSA) is 117 Å². The number of carbonyl (C=O) groups excluding carboxylic acids is 2. The summed E-state index contributed by atoms with van der Waals surface area (Å²) in [5.74, 6) is -1.47. The van der Waals surface area contributed by atoms with E-state index in [2.05, 4.69) is 9.71 Å². The van der Waals surface area contributed by atoms with Crippen molar-refractivity contribution in [3.63, 3.8) is 0 Å². The highest BCUT2D eigenvalue weighted by Crippen LogP contribution is 2.44. The molecule has 0 fully saturated rings. The van der Waals surface area contributed by atoms with Crippen LogP contribution in [-0.4, -0.2) is 47.5 Å². The van der Waals surface area contributed by atoms with Gasteiger partial charge in [0.2, 0.25) is 10.0 Å². The first-order chi connectivity index (χ1) is 18.3. The molecule has 1 aliphatic heterocycles. The molecule has 38 heavy (non-hydrogen) atoms. The van der Waals surface area contributed by atoms with Gasteiger partial charge in [0.1, 0.15) is 5.75 Å². The Morgan fingerprint density at radius 1 is 0.895 bits per heavy atom. The number of aromatic nitrogens is 1. The molecule has 6 rings (SSSR count). The van der Waals surface area contributed by atoms with Gasteiger partial charge in [0.05, 0.1) is 37.7 Å². The summed E-state index contributed by atoms with van der Waals surface area (Å²) in [6.07, 6.45) is 0. The predicted octanol–water partition coefficient (Wildman–Crippen LogP) is 5.34. The lowest BCUT2D eigenvalue weighted by molar-refractivity contribution is 0.0664. The number of nitrogens with one attached hydrogen (secondary N) is 1. The molecule has 0 radical (unpaired) electrons. The van der Waals surface area contributed by atoms with Crippen LogP contribution in [0.3, 0.4) is 0 Å². The normalized spacial score (nSPS) is 13.4. The van der Waals surface area contributed by atoms with Gasteiger partial charge in [-0.3, -0.25) is 19.2 Å². The molecule has 190 valence electrons. The number of rotatable bonds is 7. The summed E-state index contributed by atoms with van der Waals surface area (Å²) in [5, 5.41) is 12.0. The second kappa shape index (κ2) is 9.43. The van der Waals surface area contributed by atoms with Crippen molar-refractivity contribution in [2.45, 2.75) is 9.24 Å². The summed E-state index contributed by atoms with van der Waals surface area (Å²) in [6.45, 7) is -0.287. The zero-order chi connectivity index (χ0) is 26.4. The molecule has 1 aliphatic rings. The molecule has 4 aromatic carbocycles. The maximum absolute atomic E-state index is 13.1. The van der Waals surface area contributed by atoms with Crippen molar-refractivity contribution in [3.8, 4) is 5.75 Å². The van der Waals surface area contributed by atoms with Crippen LogP contribution in [-0.2, 0) is 10.0 Å². The standard InChI is InChI=1S/C27H19N3O5S3/c31-24-17-8-2-1-7-16(17)21(15-23(24)37-27-28-20-11-5-6-12-22(20)36-27)29-38(34,35)14-13-30-25(32)18-9-3-4-10-19(18)26(30)33/h1-12,15,29,31H,13-14H2. The van der Waals surface area contributed by atoms with Gasteiger partial charge in [0.25, 0.3) is 11.8 Å². The van der Waals surface area contributed by atoms with E-state index < -0.39 is 27.6 Å². The molecule has 0 aliphatic carbocycles. The van der Waals surface area contributed by atoms with E-state index >= 15 is 0 Å². The second-order valence-electron chi connectivity index (χ2n) is 8.59. The third kappa shape index (κ3) is 4.38. The van der Waals surface area contributed by atoms with Gasteiger partial charge in [0.15, 0.2) is 4.34 Å². The Morgan fingerprint density at radius 2 is 1.53 bits per heavy atom. The fraction of sp³-hybridized carbons (Fsp3) is 0.0741. The number of amides is 2. The number of phenols is 1. The first-order valence-corrected chi connectivity index (χ1v) is 14.8. The Labute approximate surface area is 226 Å². The minimum Gasteiger partial charge on any atom is -0.506 e. The van der Waals surface area contributed by atoms with Crippen LogP contribution in [0.25, 0.3) is 21.0 Å². The monoisotopic (exact) mass is 561 g/mol. The van der Waals surface area contributed by atoms with Crippen LogP contribution in [0, 0.1) is 0 Å². The van der Waals surface area contributed by atoms with E-state index in [4.69, 9.17) is 0 Å². The molecule has 0 atom stereocenters. The molecule has 0 unspecified atom stereocenters. The van der Waals surface area contributed by atoms with Crippen LogP contribution in [0.5, 0.6) is 5.75 Å². The van der Waals surface area contributed by atoms with Crippen LogP contribution >= 0.6 is 23.1 Å². The number of nitrogens with zero attached hydrogens (tertiary/aromatic N) is 2. The number of phenolic OH excluding ortho intramolecular Hbond substituents is 1. The first-order valence-electron chi connectivity index (χ1n) is 11.5. The van der Waals surface area contributed by atoms with E-state index in [1.54, 1.807) is 54.6 Å². The molecule has 0 spiro atoms. The van der Waals surface area contributed by atoms with Crippen LogP contribution < -0.4 is 4.72 Å². The lowest BCUT2D eigenvalue weighted by Crippen LogP contribution is -2.35. The molecule has 8 nitrogen and oxygen atoms in total. The highest BCUT2D eigenvalue weighted by molar-refractivity contribution is 8.01. The predicted molar refractivity (Wildman–Crippen MR) is 149 cm³/mol. The summed E-state index contributed by atoms with van der Waals surface area (Å²) in [5.41, 5.74) is 1.66. The van der Waals surface area contributed by atoms with Crippen molar-refractivity contribution in [3.05, 3.63) is 90.0 Å². The highest BCUT2D eigenvalue weighted by Gasteiger charge is 2.35. The molecule has 2 heterocycles. The SMILES string of the molecule is O=C1c2ccccc2C(=O)N1CCS(=O)(=O)Nc1cc(Sc2nc3ccccc3s2)c(O)c2ccccc12. The fourth-order valence-electron chi connectivity index (χ4n) is 4.36. The van der Waals surface area contributed by atoms with E-state index in [0.29, 0.717) is 20.0 Å². The molecule has 0 saturated carbocycles. The van der Waals surface area contributed by atoms with E-state index in [1.165, 1.54) is 23.1 Å². The van der Waals surface area contributed by atoms with Gasteiger partial charge in [0, 0.05) is 17.3 Å². The smallest absolute Gasteiger partial charge is 0.261 e. The average molecular weight is 562 g/mol. The molecule has 2 amide bonds. The molecule has 1 aromatic heterocycles. The fourth-order valence-corrected chi connectivity index (χ4v) is 7.50. The van der Waals surface area contributed by atoms with Crippen molar-refractivity contribution >= 4 is 71.6 Å². The lowest BCUT2D eigenvalue weighted by Gasteiger charge is -2.17. The lowest BCUT2D eigenvalue weighted by atomic mass is 10.1. The van der Waals surface area contributed by atoms with Gasteiger partial charge in [-0.1, -0.05) is 60.3 Å². The molecular weight excluding hydrogens is 543 g/mol. The number of hydrogen-bond donors (Lipinski definition) is 2. The zero-order valence-electron chi connectivity index (χ0n) is 19.6.